The van der Waals surface area contributed by atoms with Gasteiger partial charge in [-0.3, -0.25) is 0 Å². The summed E-state index contributed by atoms with van der Waals surface area (Å²) in [5, 5.41) is 11.4. The summed E-state index contributed by atoms with van der Waals surface area (Å²) in [5.41, 5.74) is 0.0299. The summed E-state index contributed by atoms with van der Waals surface area (Å²) < 4.78 is 0.422. The average Bonchev–Trinajstić information content (AvgIpc) is 2.62. The number of hydrogen-bond donors (Lipinski definition) is 1. The van der Waals surface area contributed by atoms with Crippen LogP contribution in [-0.4, -0.2) is 26.8 Å². The summed E-state index contributed by atoms with van der Waals surface area (Å²) >= 11 is 4.02. The van der Waals surface area contributed by atoms with Gasteiger partial charge in [0, 0.05) is 5.41 Å². The fourth-order valence-electron chi connectivity index (χ4n) is 4.45. The van der Waals surface area contributed by atoms with Crippen LogP contribution in [0.2, 0.25) is 0 Å². The van der Waals surface area contributed by atoms with Gasteiger partial charge in [0.15, 0.2) is 0 Å². The van der Waals surface area contributed by atoms with E-state index in [-0.39, 0.29) is 5.41 Å². The molecule has 3 atom stereocenters. The van der Waals surface area contributed by atoms with Crippen LogP contribution in [-0.2, 0) is 0 Å². The molecular formula is C14H24OS2. The SMILES string of the molecule is CC1(C)[C@H]2CC[C@]1(C)[C@](O)(C1SCCCS1)C2. The lowest BCUT2D eigenvalue weighted by atomic mass is 9.65. The first-order valence-electron chi connectivity index (χ1n) is 6.87. The maximum Gasteiger partial charge on any atom is 0.0918 e. The van der Waals surface area contributed by atoms with E-state index in [0.717, 1.165) is 12.3 Å². The molecule has 17 heavy (non-hydrogen) atoms. The second-order valence-corrected chi connectivity index (χ2v) is 9.57. The van der Waals surface area contributed by atoms with E-state index in [1.165, 1.54) is 30.8 Å². The molecule has 1 N–H and O–H groups in total. The van der Waals surface area contributed by atoms with Gasteiger partial charge in [0.25, 0.3) is 0 Å². The maximum absolute atomic E-state index is 11.4. The second-order valence-electron chi connectivity index (χ2n) is 6.84. The topological polar surface area (TPSA) is 20.2 Å². The van der Waals surface area contributed by atoms with Crippen molar-refractivity contribution < 1.29 is 5.11 Å². The summed E-state index contributed by atoms with van der Waals surface area (Å²) in [6, 6.07) is 0. The second kappa shape index (κ2) is 3.83. The summed E-state index contributed by atoms with van der Waals surface area (Å²) in [7, 11) is 0. The molecule has 1 heterocycles. The maximum atomic E-state index is 11.4. The molecule has 1 saturated heterocycles. The lowest BCUT2D eigenvalue weighted by Crippen LogP contribution is -2.53. The van der Waals surface area contributed by atoms with Gasteiger partial charge in [0.2, 0.25) is 0 Å². The zero-order valence-corrected chi connectivity index (χ0v) is 12.8. The molecule has 3 heteroatoms. The van der Waals surface area contributed by atoms with E-state index < -0.39 is 5.60 Å². The number of thioether (sulfide) groups is 2. The van der Waals surface area contributed by atoms with Crippen LogP contribution in [0.25, 0.3) is 0 Å². The Balaban J connectivity index is 1.93. The van der Waals surface area contributed by atoms with E-state index in [4.69, 9.17) is 0 Å². The van der Waals surface area contributed by atoms with Crippen molar-refractivity contribution in [1.82, 2.24) is 0 Å². The molecule has 0 radical (unpaired) electrons. The van der Waals surface area contributed by atoms with Crippen molar-refractivity contribution >= 4 is 23.5 Å². The summed E-state index contributed by atoms with van der Waals surface area (Å²) in [4.78, 5) is 0. The van der Waals surface area contributed by atoms with Crippen LogP contribution in [0.15, 0.2) is 0 Å². The van der Waals surface area contributed by atoms with Crippen LogP contribution >= 0.6 is 23.5 Å². The Bertz CT molecular complexity index is 324. The molecule has 2 bridgehead atoms. The van der Waals surface area contributed by atoms with Crippen molar-refractivity contribution in [2.45, 2.75) is 56.6 Å². The first kappa shape index (κ1) is 12.7. The molecule has 98 valence electrons. The summed E-state index contributed by atoms with van der Waals surface area (Å²) in [6.07, 6.45) is 4.90. The molecule has 0 amide bonds. The number of fused-ring (bicyclic) bond motifs is 2. The molecule has 3 rings (SSSR count). The number of hydrogen-bond acceptors (Lipinski definition) is 3. The monoisotopic (exact) mass is 272 g/mol. The highest BCUT2D eigenvalue weighted by atomic mass is 32.2. The largest absolute Gasteiger partial charge is 0.387 e. The standard InChI is InChI=1S/C14H24OS2/c1-12(2)10-5-6-13(12,3)14(15,9-10)11-16-7-4-8-17-11/h10-11,15H,4-9H2,1-3H3/t10-,13-,14+/m0/s1. The van der Waals surface area contributed by atoms with Gasteiger partial charge in [-0.2, -0.15) is 0 Å². The molecule has 1 nitrogen and oxygen atoms in total. The third kappa shape index (κ3) is 1.45. The number of rotatable bonds is 1. The molecule has 0 aromatic heterocycles. The Morgan fingerprint density at radius 2 is 1.76 bits per heavy atom. The van der Waals surface area contributed by atoms with Crippen LogP contribution in [0.1, 0.15) is 46.5 Å². The molecule has 2 aliphatic carbocycles. The molecule has 0 spiro atoms. The van der Waals surface area contributed by atoms with Crippen molar-refractivity contribution in [2.75, 3.05) is 11.5 Å². The van der Waals surface area contributed by atoms with Crippen molar-refractivity contribution in [1.29, 1.82) is 0 Å². The molecule has 2 saturated carbocycles. The molecule has 1 aliphatic heterocycles. The quantitative estimate of drug-likeness (QED) is 0.785. The average molecular weight is 272 g/mol. The zero-order valence-electron chi connectivity index (χ0n) is 11.2. The molecule has 3 aliphatic rings. The minimum absolute atomic E-state index is 0.132. The Morgan fingerprint density at radius 3 is 2.24 bits per heavy atom. The Labute approximate surface area is 114 Å². The predicted octanol–water partition coefficient (Wildman–Crippen LogP) is 3.76. The first-order chi connectivity index (χ1) is 7.92. The highest BCUT2D eigenvalue weighted by molar-refractivity contribution is 8.17. The van der Waals surface area contributed by atoms with Gasteiger partial charge in [0.05, 0.1) is 10.2 Å². The molecule has 0 unspecified atom stereocenters. The van der Waals surface area contributed by atoms with E-state index >= 15 is 0 Å². The fraction of sp³-hybridized carbons (Fsp3) is 1.00. The van der Waals surface area contributed by atoms with Gasteiger partial charge >= 0.3 is 0 Å². The van der Waals surface area contributed by atoms with Crippen LogP contribution in [0.3, 0.4) is 0 Å². The van der Waals surface area contributed by atoms with Crippen LogP contribution in [0.4, 0.5) is 0 Å². The van der Waals surface area contributed by atoms with E-state index in [1.807, 2.05) is 23.5 Å². The lowest BCUT2D eigenvalue weighted by molar-refractivity contribution is -0.0764. The van der Waals surface area contributed by atoms with Crippen LogP contribution in [0, 0.1) is 16.7 Å². The molecule has 3 fully saturated rings. The van der Waals surface area contributed by atoms with Gasteiger partial charge in [-0.05, 0) is 48.5 Å². The summed E-state index contributed by atoms with van der Waals surface area (Å²) in [5.74, 6) is 3.21. The predicted molar refractivity (Wildman–Crippen MR) is 77.5 cm³/mol. The van der Waals surface area contributed by atoms with E-state index in [2.05, 4.69) is 20.8 Å². The number of aliphatic hydroxyl groups is 1. The first-order valence-corrected chi connectivity index (χ1v) is 8.97. The smallest absolute Gasteiger partial charge is 0.0918 e. The normalized spacial score (nSPS) is 49.8. The highest BCUT2D eigenvalue weighted by Crippen LogP contribution is 2.72. The van der Waals surface area contributed by atoms with Gasteiger partial charge < -0.3 is 5.11 Å². The third-order valence-electron chi connectivity index (χ3n) is 6.17. The van der Waals surface area contributed by atoms with Crippen molar-refractivity contribution in [2.24, 2.45) is 16.7 Å². The zero-order chi connectivity index (χ0) is 12.3. The fourth-order valence-corrected chi connectivity index (χ4v) is 7.91. The lowest BCUT2D eigenvalue weighted by Gasteiger charge is -2.49. The Kier molecular flexibility index (Phi) is 2.86. The minimum atomic E-state index is -0.421. The minimum Gasteiger partial charge on any atom is -0.387 e. The van der Waals surface area contributed by atoms with Gasteiger partial charge in [-0.15, -0.1) is 23.5 Å². The Morgan fingerprint density at radius 1 is 1.12 bits per heavy atom. The van der Waals surface area contributed by atoms with Crippen molar-refractivity contribution in [3.05, 3.63) is 0 Å². The molecule has 0 aromatic carbocycles. The highest BCUT2D eigenvalue weighted by Gasteiger charge is 2.70. The van der Waals surface area contributed by atoms with E-state index in [9.17, 15) is 5.11 Å². The Hall–Kier alpha value is 0.660. The molecular weight excluding hydrogens is 248 g/mol. The van der Waals surface area contributed by atoms with Gasteiger partial charge in [-0.1, -0.05) is 20.8 Å². The van der Waals surface area contributed by atoms with Crippen molar-refractivity contribution in [3.63, 3.8) is 0 Å². The van der Waals surface area contributed by atoms with Crippen LogP contribution in [0.5, 0.6) is 0 Å². The van der Waals surface area contributed by atoms with Crippen LogP contribution < -0.4 is 0 Å². The third-order valence-corrected chi connectivity index (χ3v) is 9.42. The van der Waals surface area contributed by atoms with Crippen molar-refractivity contribution in [3.8, 4) is 0 Å². The molecule has 0 aromatic rings. The van der Waals surface area contributed by atoms with E-state index in [1.54, 1.807) is 0 Å². The van der Waals surface area contributed by atoms with Gasteiger partial charge in [-0.25, -0.2) is 0 Å². The summed E-state index contributed by atoms with van der Waals surface area (Å²) in [6.45, 7) is 7.14. The van der Waals surface area contributed by atoms with E-state index in [0.29, 0.717) is 10.00 Å². The van der Waals surface area contributed by atoms with Gasteiger partial charge in [0.1, 0.15) is 0 Å².